The van der Waals surface area contributed by atoms with Gasteiger partial charge in [0.15, 0.2) is 0 Å². The van der Waals surface area contributed by atoms with Crippen LogP contribution in [0, 0.1) is 17.8 Å². The van der Waals surface area contributed by atoms with Crippen LogP contribution in [0.15, 0.2) is 12.3 Å². The molecule has 5 atom stereocenters. The zero-order valence-electron chi connectivity index (χ0n) is 15.5. The molecule has 0 aliphatic heterocycles. The third-order valence-corrected chi connectivity index (χ3v) is 6.78. The summed E-state index contributed by atoms with van der Waals surface area (Å²) in [7, 11) is -3.35. The van der Waals surface area contributed by atoms with Crippen molar-refractivity contribution in [3.05, 3.63) is 12.3 Å². The molecule has 6 nitrogen and oxygen atoms in total. The van der Waals surface area contributed by atoms with Crippen LogP contribution in [0.25, 0.3) is 0 Å². The first kappa shape index (κ1) is 22.4. The molecule has 1 aliphatic rings. The van der Waals surface area contributed by atoms with Gasteiger partial charge in [0.2, 0.25) is 10.0 Å². The minimum Gasteiger partial charge on any atom is -0.516 e. The van der Waals surface area contributed by atoms with E-state index in [0.29, 0.717) is 19.3 Å². The van der Waals surface area contributed by atoms with E-state index in [9.17, 15) is 18.6 Å². The molecule has 148 valence electrons. The zero-order valence-corrected chi connectivity index (χ0v) is 16.3. The Morgan fingerprint density at radius 2 is 1.92 bits per heavy atom. The van der Waals surface area contributed by atoms with Gasteiger partial charge in [0, 0.05) is 12.5 Å². The molecule has 7 heteroatoms. The third kappa shape index (κ3) is 7.25. The van der Waals surface area contributed by atoms with E-state index in [4.69, 9.17) is 5.11 Å². The van der Waals surface area contributed by atoms with Crippen molar-refractivity contribution < 1.29 is 23.7 Å². The van der Waals surface area contributed by atoms with Crippen molar-refractivity contribution in [2.45, 2.75) is 71.0 Å². The minimum atomic E-state index is -3.35. The van der Waals surface area contributed by atoms with Crippen LogP contribution in [0.5, 0.6) is 0 Å². The van der Waals surface area contributed by atoms with E-state index in [1.807, 2.05) is 13.8 Å². The maximum absolute atomic E-state index is 12.1. The monoisotopic (exact) mass is 377 g/mol. The first-order valence-electron chi connectivity index (χ1n) is 9.48. The molecule has 0 amide bonds. The summed E-state index contributed by atoms with van der Waals surface area (Å²) in [5.74, 6) is -0.127. The Morgan fingerprint density at radius 3 is 2.52 bits per heavy atom. The van der Waals surface area contributed by atoms with Gasteiger partial charge in [-0.15, -0.1) is 0 Å². The fourth-order valence-corrected chi connectivity index (χ4v) is 5.12. The number of hydrogen-bond acceptors (Lipinski definition) is 5. The fraction of sp³-hybridized carbons (Fsp3) is 0.889. The second-order valence-corrected chi connectivity index (χ2v) is 9.04. The summed E-state index contributed by atoms with van der Waals surface area (Å²) < 4.78 is 26.9. The predicted molar refractivity (Wildman–Crippen MR) is 99.7 cm³/mol. The van der Waals surface area contributed by atoms with Crippen molar-refractivity contribution >= 4 is 10.0 Å². The smallest absolute Gasteiger partial charge is 0.211 e. The van der Waals surface area contributed by atoms with Crippen molar-refractivity contribution in [1.82, 2.24) is 4.72 Å². The molecule has 0 aromatic heterocycles. The van der Waals surface area contributed by atoms with Crippen LogP contribution in [0.3, 0.4) is 0 Å². The van der Waals surface area contributed by atoms with Gasteiger partial charge in [0.05, 0.1) is 24.2 Å². The summed E-state index contributed by atoms with van der Waals surface area (Å²) in [6.07, 6.45) is 6.49. The van der Waals surface area contributed by atoms with Gasteiger partial charge in [-0.3, -0.25) is 0 Å². The molecule has 0 heterocycles. The molecule has 0 bridgehead atoms. The highest BCUT2D eigenvalue weighted by Gasteiger charge is 2.44. The van der Waals surface area contributed by atoms with Crippen molar-refractivity contribution in [2.24, 2.45) is 17.8 Å². The van der Waals surface area contributed by atoms with Crippen molar-refractivity contribution in [2.75, 3.05) is 12.3 Å². The Labute approximate surface area is 152 Å². The Bertz CT molecular complexity index is 494. The molecular formula is C18H35NO5S. The first-order chi connectivity index (χ1) is 11.9. The number of aliphatic hydroxyl groups excluding tert-OH is 3. The molecule has 1 fully saturated rings. The maximum Gasteiger partial charge on any atom is 0.211 e. The Morgan fingerprint density at radius 1 is 1.20 bits per heavy atom. The van der Waals surface area contributed by atoms with Gasteiger partial charge in [-0.25, -0.2) is 13.1 Å². The number of nitrogens with one attached hydrogen (secondary N) is 1. The van der Waals surface area contributed by atoms with E-state index >= 15 is 0 Å². The lowest BCUT2D eigenvalue weighted by Crippen LogP contribution is -2.39. The molecule has 0 aromatic carbocycles. The van der Waals surface area contributed by atoms with Gasteiger partial charge in [-0.2, -0.15) is 0 Å². The SMILES string of the molecule is CCCCCS(=O)(=O)NC[C@H]1C(C(CC)CCC=CO)C(O)C[C@H]1O. The summed E-state index contributed by atoms with van der Waals surface area (Å²) in [4.78, 5) is 0. The average Bonchev–Trinajstić information content (AvgIpc) is 2.84. The van der Waals surface area contributed by atoms with Gasteiger partial charge in [-0.05, 0) is 37.5 Å². The molecule has 0 aromatic rings. The lowest BCUT2D eigenvalue weighted by atomic mass is 9.78. The van der Waals surface area contributed by atoms with Crippen LogP contribution in [0.1, 0.15) is 58.8 Å². The maximum atomic E-state index is 12.1. The van der Waals surface area contributed by atoms with Gasteiger partial charge >= 0.3 is 0 Å². The van der Waals surface area contributed by atoms with Crippen molar-refractivity contribution in [3.63, 3.8) is 0 Å². The molecule has 1 rings (SSSR count). The second-order valence-electron chi connectivity index (χ2n) is 7.12. The first-order valence-corrected chi connectivity index (χ1v) is 11.1. The van der Waals surface area contributed by atoms with E-state index in [2.05, 4.69) is 4.72 Å². The number of aliphatic hydroxyl groups is 3. The molecule has 3 unspecified atom stereocenters. The van der Waals surface area contributed by atoms with E-state index in [1.54, 1.807) is 6.08 Å². The van der Waals surface area contributed by atoms with Crippen LogP contribution in [-0.2, 0) is 10.0 Å². The Kier molecular flexibility index (Phi) is 10.0. The lowest BCUT2D eigenvalue weighted by Gasteiger charge is -2.31. The fourth-order valence-electron chi connectivity index (χ4n) is 3.95. The largest absolute Gasteiger partial charge is 0.516 e. The van der Waals surface area contributed by atoms with Crippen LogP contribution in [0.2, 0.25) is 0 Å². The molecule has 1 saturated carbocycles. The summed E-state index contributed by atoms with van der Waals surface area (Å²) in [5, 5.41) is 29.5. The summed E-state index contributed by atoms with van der Waals surface area (Å²) in [6, 6.07) is 0. The molecule has 4 N–H and O–H groups in total. The van der Waals surface area contributed by atoms with Crippen molar-refractivity contribution in [1.29, 1.82) is 0 Å². The van der Waals surface area contributed by atoms with Crippen LogP contribution in [-0.4, -0.2) is 48.2 Å². The summed E-state index contributed by atoms with van der Waals surface area (Å²) in [6.45, 7) is 4.23. The summed E-state index contributed by atoms with van der Waals surface area (Å²) in [5.41, 5.74) is 0. The van der Waals surface area contributed by atoms with Gasteiger partial charge in [0.1, 0.15) is 0 Å². The highest BCUT2D eigenvalue weighted by atomic mass is 32.2. The molecule has 1 aliphatic carbocycles. The summed E-state index contributed by atoms with van der Waals surface area (Å²) >= 11 is 0. The minimum absolute atomic E-state index is 0.107. The highest BCUT2D eigenvalue weighted by molar-refractivity contribution is 7.89. The standard InChI is InChI=1S/C18H35NO5S/c1-3-5-8-11-25(23,24)19-13-15-16(21)12-17(22)18(15)14(4-2)9-6-7-10-20/h7,10,14-22H,3-6,8-9,11-13H2,1-2H3/t14?,15-,16-,17?,18?/m1/s1. The van der Waals surface area contributed by atoms with Crippen LogP contribution >= 0.6 is 0 Å². The van der Waals surface area contributed by atoms with E-state index in [1.165, 1.54) is 0 Å². The van der Waals surface area contributed by atoms with Crippen molar-refractivity contribution in [3.8, 4) is 0 Å². The lowest BCUT2D eigenvalue weighted by molar-refractivity contribution is 0.0685. The highest BCUT2D eigenvalue weighted by Crippen LogP contribution is 2.40. The van der Waals surface area contributed by atoms with Gasteiger partial charge in [-0.1, -0.05) is 39.2 Å². The van der Waals surface area contributed by atoms with E-state index in [0.717, 1.165) is 31.9 Å². The van der Waals surface area contributed by atoms with E-state index < -0.39 is 22.2 Å². The third-order valence-electron chi connectivity index (χ3n) is 5.35. The Hall–Kier alpha value is -0.630. The number of rotatable bonds is 12. The number of allylic oxidation sites excluding steroid dienone is 1. The molecule has 0 saturated heterocycles. The zero-order chi connectivity index (χ0) is 18.9. The Balaban J connectivity index is 2.70. The van der Waals surface area contributed by atoms with Crippen LogP contribution in [0.4, 0.5) is 0 Å². The molecule has 25 heavy (non-hydrogen) atoms. The number of sulfonamides is 1. The van der Waals surface area contributed by atoms with Gasteiger partial charge in [0.25, 0.3) is 0 Å². The average molecular weight is 378 g/mol. The topological polar surface area (TPSA) is 107 Å². The number of hydrogen-bond donors (Lipinski definition) is 4. The molecular weight excluding hydrogens is 342 g/mol. The predicted octanol–water partition coefficient (Wildman–Crippen LogP) is 2.33. The van der Waals surface area contributed by atoms with E-state index in [-0.39, 0.29) is 30.1 Å². The molecule has 0 spiro atoms. The molecule has 0 radical (unpaired) electrons. The van der Waals surface area contributed by atoms with Gasteiger partial charge < -0.3 is 15.3 Å². The second kappa shape index (κ2) is 11.2. The normalized spacial score (nSPS) is 28.6. The quantitative estimate of drug-likeness (QED) is 0.308. The number of unbranched alkanes of at least 4 members (excludes halogenated alkanes) is 2. The van der Waals surface area contributed by atoms with Crippen LogP contribution < -0.4 is 4.72 Å².